The molecule has 0 bridgehead atoms. The van der Waals surface area contributed by atoms with E-state index in [9.17, 15) is 0 Å². The Hall–Kier alpha value is -1.74. The van der Waals surface area contributed by atoms with E-state index in [0.717, 1.165) is 5.56 Å². The van der Waals surface area contributed by atoms with E-state index >= 15 is 0 Å². The van der Waals surface area contributed by atoms with Crippen LogP contribution >= 0.6 is 0 Å². The summed E-state index contributed by atoms with van der Waals surface area (Å²) in [4.78, 5) is 0. The Bertz CT molecular complexity index is 401. The summed E-state index contributed by atoms with van der Waals surface area (Å²) >= 11 is 0. The van der Waals surface area contributed by atoms with Gasteiger partial charge >= 0.3 is 0 Å². The monoisotopic (exact) mass is 200 g/mol. The molecular weight excluding hydrogens is 188 g/mol. The quantitative estimate of drug-likeness (QED) is 0.693. The summed E-state index contributed by atoms with van der Waals surface area (Å²) in [5.41, 5.74) is 0.912. The molecule has 1 atom stereocenters. The first-order valence-corrected chi connectivity index (χ1v) is 4.66. The van der Waals surface area contributed by atoms with Crippen molar-refractivity contribution >= 4 is 0 Å². The van der Waals surface area contributed by atoms with E-state index in [-0.39, 0.29) is 13.0 Å². The molecule has 0 spiro atoms. The highest BCUT2D eigenvalue weighted by atomic mass is 16.3. The fourth-order valence-electron chi connectivity index (χ4n) is 0.902. The van der Waals surface area contributed by atoms with Crippen molar-refractivity contribution in [3.63, 3.8) is 0 Å². The van der Waals surface area contributed by atoms with Crippen molar-refractivity contribution in [3.8, 4) is 23.7 Å². The summed E-state index contributed by atoms with van der Waals surface area (Å²) in [5.74, 6) is 10.8. The molecular formula is C13H12O2. The number of aliphatic hydroxyl groups excluding tert-OH is 2. The lowest BCUT2D eigenvalue weighted by Crippen LogP contribution is -2.09. The Kier molecular flexibility index (Phi) is 5.04. The van der Waals surface area contributed by atoms with Crippen molar-refractivity contribution in [1.29, 1.82) is 0 Å². The zero-order valence-corrected chi connectivity index (χ0v) is 8.27. The average molecular weight is 200 g/mol. The lowest BCUT2D eigenvalue weighted by atomic mass is 10.2. The molecule has 0 aliphatic carbocycles. The Morgan fingerprint density at radius 3 is 2.53 bits per heavy atom. The van der Waals surface area contributed by atoms with Gasteiger partial charge in [0.25, 0.3) is 0 Å². The van der Waals surface area contributed by atoms with Crippen LogP contribution in [0.1, 0.15) is 12.0 Å². The molecule has 2 N–H and O–H groups in total. The van der Waals surface area contributed by atoms with Crippen LogP contribution in [0.15, 0.2) is 30.3 Å². The first kappa shape index (κ1) is 11.3. The van der Waals surface area contributed by atoms with Crippen LogP contribution in [0.2, 0.25) is 0 Å². The van der Waals surface area contributed by atoms with E-state index in [4.69, 9.17) is 10.2 Å². The van der Waals surface area contributed by atoms with Gasteiger partial charge in [0.2, 0.25) is 0 Å². The number of benzene rings is 1. The molecule has 0 unspecified atom stereocenters. The first-order valence-electron chi connectivity index (χ1n) is 4.66. The summed E-state index contributed by atoms with van der Waals surface area (Å²) in [5, 5.41) is 17.5. The fourth-order valence-corrected chi connectivity index (χ4v) is 0.902. The highest BCUT2D eigenvalue weighted by molar-refractivity contribution is 5.39. The molecule has 76 valence electrons. The summed E-state index contributed by atoms with van der Waals surface area (Å²) in [6, 6.07) is 9.54. The van der Waals surface area contributed by atoms with Gasteiger partial charge in [-0.15, -0.1) is 0 Å². The summed E-state index contributed by atoms with van der Waals surface area (Å²) < 4.78 is 0. The molecule has 2 heteroatoms. The minimum Gasteiger partial charge on any atom is -0.394 e. The van der Waals surface area contributed by atoms with Gasteiger partial charge in [0, 0.05) is 12.0 Å². The van der Waals surface area contributed by atoms with E-state index in [0.29, 0.717) is 0 Å². The van der Waals surface area contributed by atoms with Gasteiger partial charge < -0.3 is 10.2 Å². The van der Waals surface area contributed by atoms with E-state index in [1.165, 1.54) is 0 Å². The van der Waals surface area contributed by atoms with Gasteiger partial charge in [-0.3, -0.25) is 0 Å². The Morgan fingerprint density at radius 2 is 1.87 bits per heavy atom. The van der Waals surface area contributed by atoms with E-state index < -0.39 is 6.10 Å². The van der Waals surface area contributed by atoms with Gasteiger partial charge in [-0.1, -0.05) is 30.0 Å². The minimum absolute atomic E-state index is 0.250. The van der Waals surface area contributed by atoms with Gasteiger partial charge in [0.15, 0.2) is 0 Å². The van der Waals surface area contributed by atoms with Crippen molar-refractivity contribution in [3.05, 3.63) is 35.9 Å². The maximum absolute atomic E-state index is 8.97. The zero-order valence-electron chi connectivity index (χ0n) is 8.27. The van der Waals surface area contributed by atoms with Crippen molar-refractivity contribution in [2.75, 3.05) is 6.61 Å². The molecule has 0 radical (unpaired) electrons. The van der Waals surface area contributed by atoms with Crippen LogP contribution in [0, 0.1) is 23.7 Å². The van der Waals surface area contributed by atoms with Crippen molar-refractivity contribution in [2.45, 2.75) is 12.5 Å². The van der Waals surface area contributed by atoms with Crippen LogP contribution in [0.3, 0.4) is 0 Å². The number of hydrogen-bond donors (Lipinski definition) is 2. The molecule has 0 fully saturated rings. The smallest absolute Gasteiger partial charge is 0.0880 e. The molecule has 0 aliphatic heterocycles. The lowest BCUT2D eigenvalue weighted by Gasteiger charge is -1.97. The van der Waals surface area contributed by atoms with Crippen molar-refractivity contribution < 1.29 is 10.2 Å². The van der Waals surface area contributed by atoms with Crippen LogP contribution in [0.5, 0.6) is 0 Å². The van der Waals surface area contributed by atoms with Crippen molar-refractivity contribution in [2.24, 2.45) is 0 Å². The maximum atomic E-state index is 8.97. The highest BCUT2D eigenvalue weighted by Crippen LogP contribution is 1.94. The van der Waals surface area contributed by atoms with Gasteiger partial charge in [-0.2, -0.15) is 0 Å². The minimum atomic E-state index is -0.768. The predicted molar refractivity (Wildman–Crippen MR) is 58.8 cm³/mol. The average Bonchev–Trinajstić information content (AvgIpc) is 2.29. The normalized spacial score (nSPS) is 10.5. The molecule has 0 saturated carbocycles. The second-order valence-corrected chi connectivity index (χ2v) is 2.96. The Balaban J connectivity index is 2.46. The van der Waals surface area contributed by atoms with E-state index in [2.05, 4.69) is 23.7 Å². The summed E-state index contributed by atoms with van der Waals surface area (Å²) in [6.45, 7) is -0.263. The van der Waals surface area contributed by atoms with Crippen LogP contribution in [0.4, 0.5) is 0 Å². The second kappa shape index (κ2) is 6.68. The largest absolute Gasteiger partial charge is 0.394 e. The number of hydrogen-bond acceptors (Lipinski definition) is 2. The Morgan fingerprint density at radius 1 is 1.13 bits per heavy atom. The molecule has 2 nitrogen and oxygen atoms in total. The third-order valence-electron chi connectivity index (χ3n) is 1.68. The lowest BCUT2D eigenvalue weighted by molar-refractivity contribution is 0.0992. The molecule has 0 heterocycles. The standard InChI is InChI=1S/C13H12O2/c14-11-13(15)10-6-2-5-9-12-7-3-1-4-8-12/h1,3-4,7-8,13-15H,10-11H2/t13-/m1/s1. The summed E-state index contributed by atoms with van der Waals surface area (Å²) in [6.07, 6.45) is -0.518. The molecule has 0 aliphatic rings. The SMILES string of the molecule is OC[C@H](O)CC#CC#Cc1ccccc1. The third-order valence-corrected chi connectivity index (χ3v) is 1.68. The topological polar surface area (TPSA) is 40.5 Å². The predicted octanol–water partition coefficient (Wildman–Crippen LogP) is 0.785. The zero-order chi connectivity index (χ0) is 10.9. The van der Waals surface area contributed by atoms with Crippen LogP contribution < -0.4 is 0 Å². The first-order chi connectivity index (χ1) is 7.33. The number of rotatable bonds is 2. The van der Waals surface area contributed by atoms with Crippen LogP contribution in [-0.4, -0.2) is 22.9 Å². The number of aliphatic hydroxyl groups is 2. The van der Waals surface area contributed by atoms with Gasteiger partial charge in [-0.05, 0) is 24.0 Å². The molecule has 1 rings (SSSR count). The second-order valence-electron chi connectivity index (χ2n) is 2.96. The van der Waals surface area contributed by atoms with Gasteiger partial charge in [0.05, 0.1) is 12.7 Å². The molecule has 1 aromatic rings. The van der Waals surface area contributed by atoms with Crippen molar-refractivity contribution in [1.82, 2.24) is 0 Å². The third kappa shape index (κ3) is 4.88. The Labute approximate surface area is 89.6 Å². The van der Waals surface area contributed by atoms with Crippen LogP contribution in [-0.2, 0) is 0 Å². The fraction of sp³-hybridized carbons (Fsp3) is 0.231. The van der Waals surface area contributed by atoms with E-state index in [1.807, 2.05) is 30.3 Å². The molecule has 0 saturated heterocycles. The molecule has 0 amide bonds. The van der Waals surface area contributed by atoms with Gasteiger partial charge in [-0.25, -0.2) is 0 Å². The maximum Gasteiger partial charge on any atom is 0.0880 e. The summed E-state index contributed by atoms with van der Waals surface area (Å²) in [7, 11) is 0. The molecule has 0 aromatic heterocycles. The van der Waals surface area contributed by atoms with Gasteiger partial charge in [0.1, 0.15) is 0 Å². The highest BCUT2D eigenvalue weighted by Gasteiger charge is 1.95. The molecule has 15 heavy (non-hydrogen) atoms. The molecule has 1 aromatic carbocycles. The van der Waals surface area contributed by atoms with Crippen LogP contribution in [0.25, 0.3) is 0 Å². The van der Waals surface area contributed by atoms with E-state index in [1.54, 1.807) is 0 Å².